The maximum atomic E-state index is 12.0. The number of imidazole rings is 1. The topological polar surface area (TPSA) is 60.9 Å². The second kappa shape index (κ2) is 7.89. The van der Waals surface area contributed by atoms with E-state index in [1.807, 2.05) is 60.8 Å². The standard InChI is InChI=1S/C19H18BrN3OS/c1-2-23-16(13-8-10-15(20)11-9-13)12-22-19(23)25-17(18(21)24)14-6-4-3-5-7-14/h3-12,17H,2H2,1H3,(H2,21,24). The van der Waals surface area contributed by atoms with Crippen LogP contribution in [0.15, 0.2) is 70.4 Å². The third-order valence-corrected chi connectivity index (χ3v) is 5.66. The lowest BCUT2D eigenvalue weighted by atomic mass is 10.1. The summed E-state index contributed by atoms with van der Waals surface area (Å²) in [7, 11) is 0. The molecule has 1 unspecified atom stereocenters. The van der Waals surface area contributed by atoms with Crippen LogP contribution in [0.4, 0.5) is 0 Å². The molecule has 25 heavy (non-hydrogen) atoms. The van der Waals surface area contributed by atoms with Crippen molar-refractivity contribution in [3.8, 4) is 11.3 Å². The van der Waals surface area contributed by atoms with Gasteiger partial charge in [0.15, 0.2) is 5.16 Å². The number of amides is 1. The van der Waals surface area contributed by atoms with Gasteiger partial charge in [0, 0.05) is 11.0 Å². The van der Waals surface area contributed by atoms with Gasteiger partial charge < -0.3 is 10.3 Å². The molecular weight excluding hydrogens is 398 g/mol. The Morgan fingerprint density at radius 3 is 2.48 bits per heavy atom. The van der Waals surface area contributed by atoms with Gasteiger partial charge in [0.25, 0.3) is 0 Å². The SMILES string of the molecule is CCn1c(-c2ccc(Br)cc2)cnc1SC(C(N)=O)c1ccccc1. The van der Waals surface area contributed by atoms with E-state index in [1.54, 1.807) is 0 Å². The summed E-state index contributed by atoms with van der Waals surface area (Å²) in [5, 5.41) is 0.319. The summed E-state index contributed by atoms with van der Waals surface area (Å²) in [6, 6.07) is 17.7. The summed E-state index contributed by atoms with van der Waals surface area (Å²) in [4.78, 5) is 16.5. The Balaban J connectivity index is 1.95. The van der Waals surface area contributed by atoms with Gasteiger partial charge in [0.2, 0.25) is 5.91 Å². The zero-order valence-electron chi connectivity index (χ0n) is 13.7. The predicted octanol–water partition coefficient (Wildman–Crippen LogP) is 4.65. The van der Waals surface area contributed by atoms with Crippen molar-refractivity contribution < 1.29 is 4.79 Å². The minimum absolute atomic E-state index is 0.368. The summed E-state index contributed by atoms with van der Waals surface area (Å²) in [5.74, 6) is -0.368. The van der Waals surface area contributed by atoms with Crippen molar-refractivity contribution in [2.24, 2.45) is 5.73 Å². The molecule has 1 aromatic heterocycles. The Kier molecular flexibility index (Phi) is 5.60. The van der Waals surface area contributed by atoms with Gasteiger partial charge in [-0.2, -0.15) is 0 Å². The molecule has 0 spiro atoms. The van der Waals surface area contributed by atoms with Gasteiger partial charge in [-0.15, -0.1) is 0 Å². The predicted molar refractivity (Wildman–Crippen MR) is 105 cm³/mol. The third-order valence-electron chi connectivity index (χ3n) is 3.86. The maximum absolute atomic E-state index is 12.0. The molecule has 0 aliphatic carbocycles. The van der Waals surface area contributed by atoms with Gasteiger partial charge in [-0.1, -0.05) is 70.2 Å². The van der Waals surface area contributed by atoms with E-state index in [1.165, 1.54) is 11.8 Å². The zero-order valence-corrected chi connectivity index (χ0v) is 16.1. The third kappa shape index (κ3) is 3.96. The summed E-state index contributed by atoms with van der Waals surface area (Å²) in [5.41, 5.74) is 8.63. The molecule has 2 N–H and O–H groups in total. The van der Waals surface area contributed by atoms with Gasteiger partial charge in [0.1, 0.15) is 5.25 Å². The first-order valence-electron chi connectivity index (χ1n) is 7.92. The van der Waals surface area contributed by atoms with Crippen LogP contribution < -0.4 is 5.73 Å². The summed E-state index contributed by atoms with van der Waals surface area (Å²) < 4.78 is 3.14. The zero-order chi connectivity index (χ0) is 17.8. The molecule has 0 saturated heterocycles. The fraction of sp³-hybridized carbons (Fsp3) is 0.158. The molecular formula is C19H18BrN3OS. The van der Waals surface area contributed by atoms with Gasteiger partial charge in [0.05, 0.1) is 11.9 Å². The monoisotopic (exact) mass is 415 g/mol. The van der Waals surface area contributed by atoms with E-state index in [0.29, 0.717) is 0 Å². The molecule has 1 atom stereocenters. The lowest BCUT2D eigenvalue weighted by molar-refractivity contribution is -0.117. The van der Waals surface area contributed by atoms with Crippen molar-refractivity contribution in [3.63, 3.8) is 0 Å². The van der Waals surface area contributed by atoms with Crippen molar-refractivity contribution in [2.75, 3.05) is 0 Å². The van der Waals surface area contributed by atoms with Crippen molar-refractivity contribution in [2.45, 2.75) is 23.9 Å². The Labute approximate surface area is 159 Å². The maximum Gasteiger partial charge on any atom is 0.235 e. The molecule has 0 fully saturated rings. The molecule has 0 aliphatic heterocycles. The van der Waals surface area contributed by atoms with Crippen molar-refractivity contribution in [1.82, 2.24) is 9.55 Å². The van der Waals surface area contributed by atoms with Crippen LogP contribution in [0.3, 0.4) is 0 Å². The number of carbonyl (C=O) groups excluding carboxylic acids is 1. The molecule has 0 radical (unpaired) electrons. The highest BCUT2D eigenvalue weighted by molar-refractivity contribution is 9.10. The Morgan fingerprint density at radius 1 is 1.20 bits per heavy atom. The molecule has 6 heteroatoms. The highest BCUT2D eigenvalue weighted by Crippen LogP contribution is 2.36. The molecule has 2 aromatic carbocycles. The molecule has 3 aromatic rings. The fourth-order valence-electron chi connectivity index (χ4n) is 2.63. The van der Waals surface area contributed by atoms with Crippen LogP contribution in [-0.4, -0.2) is 15.5 Å². The van der Waals surface area contributed by atoms with Crippen molar-refractivity contribution in [3.05, 3.63) is 70.8 Å². The number of nitrogens with zero attached hydrogens (tertiary/aromatic N) is 2. The minimum atomic E-state index is -0.466. The normalized spacial score (nSPS) is 12.1. The lowest BCUT2D eigenvalue weighted by Crippen LogP contribution is -2.19. The number of nitrogens with two attached hydrogens (primary N) is 1. The molecule has 1 heterocycles. The highest BCUT2D eigenvalue weighted by atomic mass is 79.9. The van der Waals surface area contributed by atoms with E-state index in [-0.39, 0.29) is 5.91 Å². The van der Waals surface area contributed by atoms with Gasteiger partial charge in [-0.05, 0) is 30.2 Å². The number of benzene rings is 2. The number of hydrogen-bond acceptors (Lipinski definition) is 3. The largest absolute Gasteiger partial charge is 0.368 e. The molecule has 4 nitrogen and oxygen atoms in total. The van der Waals surface area contributed by atoms with Crippen LogP contribution in [-0.2, 0) is 11.3 Å². The number of carbonyl (C=O) groups is 1. The quantitative estimate of drug-likeness (QED) is 0.595. The Morgan fingerprint density at radius 2 is 1.88 bits per heavy atom. The van der Waals surface area contributed by atoms with E-state index in [4.69, 9.17) is 5.73 Å². The number of thioether (sulfide) groups is 1. The first-order chi connectivity index (χ1) is 12.1. The second-order valence-electron chi connectivity index (χ2n) is 5.49. The van der Waals surface area contributed by atoms with Crippen LogP contribution in [0.1, 0.15) is 17.7 Å². The van der Waals surface area contributed by atoms with Crippen molar-refractivity contribution in [1.29, 1.82) is 0 Å². The van der Waals surface area contributed by atoms with Crippen molar-refractivity contribution >= 4 is 33.6 Å². The lowest BCUT2D eigenvalue weighted by Gasteiger charge is -2.15. The summed E-state index contributed by atoms with van der Waals surface area (Å²) in [6.07, 6.45) is 1.85. The molecule has 128 valence electrons. The smallest absolute Gasteiger partial charge is 0.235 e. The van der Waals surface area contributed by atoms with Crippen LogP contribution in [0.5, 0.6) is 0 Å². The Bertz CT molecular complexity index is 862. The van der Waals surface area contributed by atoms with Crippen LogP contribution in [0, 0.1) is 0 Å². The summed E-state index contributed by atoms with van der Waals surface area (Å²) >= 11 is 4.84. The van der Waals surface area contributed by atoms with E-state index in [9.17, 15) is 4.79 Å². The van der Waals surface area contributed by atoms with Crippen LogP contribution >= 0.6 is 27.7 Å². The van der Waals surface area contributed by atoms with Crippen LogP contribution in [0.25, 0.3) is 11.3 Å². The second-order valence-corrected chi connectivity index (χ2v) is 7.48. The Hall–Kier alpha value is -2.05. The van der Waals surface area contributed by atoms with E-state index in [2.05, 4.69) is 32.4 Å². The molecule has 3 rings (SSSR count). The van der Waals surface area contributed by atoms with E-state index in [0.717, 1.165) is 33.0 Å². The molecule has 0 saturated carbocycles. The number of rotatable bonds is 6. The molecule has 0 bridgehead atoms. The number of halogens is 1. The van der Waals surface area contributed by atoms with Gasteiger partial charge in [-0.25, -0.2) is 4.98 Å². The average Bonchev–Trinajstić information content (AvgIpc) is 3.03. The number of aromatic nitrogens is 2. The van der Waals surface area contributed by atoms with E-state index >= 15 is 0 Å². The highest BCUT2D eigenvalue weighted by Gasteiger charge is 2.22. The number of primary amides is 1. The fourth-order valence-corrected chi connectivity index (χ4v) is 3.99. The molecule has 1 amide bonds. The number of hydrogen-bond donors (Lipinski definition) is 1. The first-order valence-corrected chi connectivity index (χ1v) is 9.59. The average molecular weight is 416 g/mol. The molecule has 0 aliphatic rings. The van der Waals surface area contributed by atoms with Gasteiger partial charge in [-0.3, -0.25) is 4.79 Å². The van der Waals surface area contributed by atoms with Gasteiger partial charge >= 0.3 is 0 Å². The van der Waals surface area contributed by atoms with Crippen LogP contribution in [0.2, 0.25) is 0 Å². The van der Waals surface area contributed by atoms with E-state index < -0.39 is 5.25 Å². The first kappa shape index (κ1) is 17.8. The minimum Gasteiger partial charge on any atom is -0.368 e. The summed E-state index contributed by atoms with van der Waals surface area (Å²) in [6.45, 7) is 2.82.